The zero-order valence-electron chi connectivity index (χ0n) is 5.09. The summed E-state index contributed by atoms with van der Waals surface area (Å²) in [5, 5.41) is 0. The van der Waals surface area contributed by atoms with Gasteiger partial charge in [0.15, 0.2) is 0 Å². The van der Waals surface area contributed by atoms with Gasteiger partial charge < -0.3 is 5.73 Å². The van der Waals surface area contributed by atoms with Crippen molar-refractivity contribution in [3.05, 3.63) is 36.6 Å². The van der Waals surface area contributed by atoms with Gasteiger partial charge in [-0.05, 0) is 19.2 Å². The van der Waals surface area contributed by atoms with E-state index in [1.54, 1.807) is 12.2 Å². The van der Waals surface area contributed by atoms with Crippen molar-refractivity contribution < 1.29 is 0 Å². The Balaban J connectivity index is 3.74. The SMILES string of the molecule is C=C/C(C)=C\C=C/N. The van der Waals surface area contributed by atoms with Gasteiger partial charge in [0.05, 0.1) is 0 Å². The molecule has 0 aromatic heterocycles. The normalized spacial score (nSPS) is 12.4. The van der Waals surface area contributed by atoms with Gasteiger partial charge in [0, 0.05) is 0 Å². The van der Waals surface area contributed by atoms with Gasteiger partial charge in [-0.1, -0.05) is 24.3 Å². The Labute approximate surface area is 50.2 Å². The van der Waals surface area contributed by atoms with Crippen LogP contribution in [0.3, 0.4) is 0 Å². The van der Waals surface area contributed by atoms with Gasteiger partial charge in [-0.3, -0.25) is 0 Å². The van der Waals surface area contributed by atoms with Crippen molar-refractivity contribution in [2.45, 2.75) is 6.92 Å². The fourth-order valence-corrected chi connectivity index (χ4v) is 0.275. The van der Waals surface area contributed by atoms with Crippen molar-refractivity contribution in [1.29, 1.82) is 0 Å². The maximum atomic E-state index is 5.07. The van der Waals surface area contributed by atoms with Gasteiger partial charge in [0.25, 0.3) is 0 Å². The van der Waals surface area contributed by atoms with Gasteiger partial charge >= 0.3 is 0 Å². The monoisotopic (exact) mass is 109 g/mol. The predicted molar refractivity (Wildman–Crippen MR) is 37.3 cm³/mol. The van der Waals surface area contributed by atoms with E-state index in [1.807, 2.05) is 13.0 Å². The fourth-order valence-electron chi connectivity index (χ4n) is 0.275. The number of rotatable bonds is 2. The zero-order valence-corrected chi connectivity index (χ0v) is 5.09. The molecule has 0 rings (SSSR count). The number of nitrogens with two attached hydrogens (primary N) is 1. The van der Waals surface area contributed by atoms with Crippen LogP contribution in [0.5, 0.6) is 0 Å². The zero-order chi connectivity index (χ0) is 6.41. The average Bonchev–Trinajstić information content (AvgIpc) is 1.83. The lowest BCUT2D eigenvalue weighted by Gasteiger charge is -1.81. The molecule has 0 heterocycles. The summed E-state index contributed by atoms with van der Waals surface area (Å²) in [4.78, 5) is 0. The first-order valence-electron chi connectivity index (χ1n) is 2.49. The minimum Gasteiger partial charge on any atom is -0.405 e. The van der Waals surface area contributed by atoms with Crippen molar-refractivity contribution >= 4 is 0 Å². The fraction of sp³-hybridized carbons (Fsp3) is 0.143. The third kappa shape index (κ3) is 3.22. The predicted octanol–water partition coefficient (Wildman–Crippen LogP) is 1.59. The Morgan fingerprint density at radius 2 is 2.25 bits per heavy atom. The molecule has 0 aliphatic rings. The summed E-state index contributed by atoms with van der Waals surface area (Å²) < 4.78 is 0. The standard InChI is InChI=1S/C7H11N/c1-3-7(2)5-4-6-8/h3-6H,1,8H2,2H3/b6-4-,7-5-. The van der Waals surface area contributed by atoms with Crippen molar-refractivity contribution in [3.8, 4) is 0 Å². The molecule has 1 heteroatoms. The van der Waals surface area contributed by atoms with Crippen molar-refractivity contribution in [2.24, 2.45) is 5.73 Å². The second-order valence-corrected chi connectivity index (χ2v) is 1.50. The Bertz CT molecular complexity index is 120. The maximum absolute atomic E-state index is 5.07. The molecule has 1 nitrogen and oxygen atoms in total. The molecule has 0 atom stereocenters. The summed E-state index contributed by atoms with van der Waals surface area (Å²) in [7, 11) is 0. The summed E-state index contributed by atoms with van der Waals surface area (Å²) in [6.07, 6.45) is 6.94. The molecule has 0 amide bonds. The van der Waals surface area contributed by atoms with Crippen molar-refractivity contribution in [3.63, 3.8) is 0 Å². The average molecular weight is 109 g/mol. The van der Waals surface area contributed by atoms with Gasteiger partial charge in [-0.15, -0.1) is 0 Å². The Morgan fingerprint density at radius 3 is 2.62 bits per heavy atom. The van der Waals surface area contributed by atoms with Crippen LogP contribution in [-0.4, -0.2) is 0 Å². The Morgan fingerprint density at radius 1 is 1.62 bits per heavy atom. The summed E-state index contributed by atoms with van der Waals surface area (Å²) in [6.45, 7) is 5.54. The molecular weight excluding hydrogens is 98.1 g/mol. The largest absolute Gasteiger partial charge is 0.405 e. The van der Waals surface area contributed by atoms with Gasteiger partial charge in [0.1, 0.15) is 0 Å². The molecule has 0 unspecified atom stereocenters. The molecule has 0 bridgehead atoms. The van der Waals surface area contributed by atoms with E-state index in [9.17, 15) is 0 Å². The molecule has 0 aliphatic heterocycles. The van der Waals surface area contributed by atoms with Crippen LogP contribution in [0.15, 0.2) is 36.6 Å². The molecule has 0 aliphatic carbocycles. The van der Waals surface area contributed by atoms with E-state index >= 15 is 0 Å². The quantitative estimate of drug-likeness (QED) is 0.535. The maximum Gasteiger partial charge on any atom is -0.00623 e. The number of hydrogen-bond donors (Lipinski definition) is 1. The molecular formula is C7H11N. The highest BCUT2D eigenvalue weighted by Crippen LogP contribution is 1.90. The molecule has 0 saturated heterocycles. The van der Waals surface area contributed by atoms with Crippen LogP contribution in [0.25, 0.3) is 0 Å². The lowest BCUT2D eigenvalue weighted by Crippen LogP contribution is -1.73. The van der Waals surface area contributed by atoms with Crippen LogP contribution in [0.1, 0.15) is 6.92 Å². The first-order valence-corrected chi connectivity index (χ1v) is 2.49. The van der Waals surface area contributed by atoms with E-state index in [2.05, 4.69) is 6.58 Å². The lowest BCUT2D eigenvalue weighted by atomic mass is 10.3. The van der Waals surface area contributed by atoms with Crippen LogP contribution in [0.4, 0.5) is 0 Å². The van der Waals surface area contributed by atoms with E-state index < -0.39 is 0 Å². The lowest BCUT2D eigenvalue weighted by molar-refractivity contribution is 1.51. The summed E-state index contributed by atoms with van der Waals surface area (Å²) in [6, 6.07) is 0. The van der Waals surface area contributed by atoms with E-state index in [0.717, 1.165) is 5.57 Å². The second-order valence-electron chi connectivity index (χ2n) is 1.50. The molecule has 0 saturated carbocycles. The topological polar surface area (TPSA) is 26.0 Å². The summed E-state index contributed by atoms with van der Waals surface area (Å²) >= 11 is 0. The molecule has 0 aromatic rings. The van der Waals surface area contributed by atoms with E-state index in [4.69, 9.17) is 5.73 Å². The van der Waals surface area contributed by atoms with Crippen LogP contribution in [0, 0.1) is 0 Å². The highest BCUT2D eigenvalue weighted by molar-refractivity contribution is 5.18. The molecule has 8 heavy (non-hydrogen) atoms. The molecule has 0 aromatic carbocycles. The highest BCUT2D eigenvalue weighted by Gasteiger charge is 1.70. The first kappa shape index (κ1) is 7.02. The molecule has 0 fully saturated rings. The first-order chi connectivity index (χ1) is 3.81. The third-order valence-electron chi connectivity index (χ3n) is 0.792. The van der Waals surface area contributed by atoms with Gasteiger partial charge in [0.2, 0.25) is 0 Å². The molecule has 2 N–H and O–H groups in total. The minimum absolute atomic E-state index is 1.12. The molecule has 0 spiro atoms. The Hall–Kier alpha value is -0.980. The van der Waals surface area contributed by atoms with Crippen LogP contribution < -0.4 is 5.73 Å². The van der Waals surface area contributed by atoms with Crippen molar-refractivity contribution in [1.82, 2.24) is 0 Å². The second kappa shape index (κ2) is 4.19. The van der Waals surface area contributed by atoms with Crippen LogP contribution >= 0.6 is 0 Å². The van der Waals surface area contributed by atoms with Crippen LogP contribution in [0.2, 0.25) is 0 Å². The summed E-state index contributed by atoms with van der Waals surface area (Å²) in [5.41, 5.74) is 6.19. The molecule has 0 radical (unpaired) electrons. The third-order valence-corrected chi connectivity index (χ3v) is 0.792. The smallest absolute Gasteiger partial charge is 0.00623 e. The minimum atomic E-state index is 1.12. The van der Waals surface area contributed by atoms with E-state index in [-0.39, 0.29) is 0 Å². The number of allylic oxidation sites excluding steroid dienone is 4. The highest BCUT2D eigenvalue weighted by atomic mass is 14.5. The molecule has 44 valence electrons. The van der Waals surface area contributed by atoms with Crippen LogP contribution in [-0.2, 0) is 0 Å². The van der Waals surface area contributed by atoms with Crippen molar-refractivity contribution in [2.75, 3.05) is 0 Å². The van der Waals surface area contributed by atoms with E-state index in [1.165, 1.54) is 6.20 Å². The van der Waals surface area contributed by atoms with Gasteiger partial charge in [-0.25, -0.2) is 0 Å². The van der Waals surface area contributed by atoms with Gasteiger partial charge in [-0.2, -0.15) is 0 Å². The van der Waals surface area contributed by atoms with E-state index in [0.29, 0.717) is 0 Å². The summed E-state index contributed by atoms with van der Waals surface area (Å²) in [5.74, 6) is 0. The number of hydrogen-bond acceptors (Lipinski definition) is 1. The Kier molecular flexibility index (Phi) is 3.67.